The first-order valence-electron chi connectivity index (χ1n) is 3.72. The average Bonchev–Trinajstić information content (AvgIpc) is 2.08. The molecule has 8 heteroatoms. The van der Waals surface area contributed by atoms with Crippen molar-refractivity contribution in [1.82, 2.24) is 0 Å². The smallest absolute Gasteiger partial charge is 0.426 e. The lowest BCUT2D eigenvalue weighted by Gasteiger charge is -2.22. The van der Waals surface area contributed by atoms with Crippen molar-refractivity contribution in [3.63, 3.8) is 0 Å². The summed E-state index contributed by atoms with van der Waals surface area (Å²) in [5, 5.41) is 0.258. The summed E-state index contributed by atoms with van der Waals surface area (Å²) in [6.07, 6.45) is -4.66. The van der Waals surface area contributed by atoms with Crippen LogP contribution < -0.4 is 4.74 Å². The van der Waals surface area contributed by atoms with Crippen LogP contribution in [0, 0.1) is 0 Å². The molecule has 1 aromatic rings. The maximum Gasteiger partial charge on any atom is 0.475 e. The minimum atomic E-state index is -4.66. The second-order valence-corrected chi connectivity index (χ2v) is 4.98. The molecule has 0 fully saturated rings. The van der Waals surface area contributed by atoms with E-state index in [-0.39, 0.29) is 9.50 Å². The van der Waals surface area contributed by atoms with Crippen molar-refractivity contribution in [2.24, 2.45) is 0 Å². The zero-order valence-corrected chi connectivity index (χ0v) is 11.2. The number of rotatable bonds is 3. The van der Waals surface area contributed by atoms with Gasteiger partial charge in [-0.3, -0.25) is 0 Å². The van der Waals surface area contributed by atoms with Gasteiger partial charge in [-0.15, -0.1) is 0 Å². The molecule has 1 nitrogen and oxygen atoms in total. The summed E-state index contributed by atoms with van der Waals surface area (Å²) in [7, 11) is 0. The molecule has 0 N–H and O–H groups in total. The zero-order chi connectivity index (χ0) is 12.6. The first-order valence-corrected chi connectivity index (χ1v) is 5.68. The van der Waals surface area contributed by atoms with Crippen LogP contribution in [0.15, 0.2) is 22.7 Å². The highest BCUT2D eigenvalue weighted by molar-refractivity contribution is 9.10. The predicted octanol–water partition coefficient (Wildman–Crippen LogP) is 5.06. The van der Waals surface area contributed by atoms with E-state index in [2.05, 4.69) is 20.7 Å². The topological polar surface area (TPSA) is 9.23 Å². The molecule has 90 valence electrons. The van der Waals surface area contributed by atoms with E-state index in [0.717, 1.165) is 6.07 Å². The van der Waals surface area contributed by atoms with Crippen LogP contribution in [0.5, 0.6) is 5.75 Å². The third-order valence-electron chi connectivity index (χ3n) is 1.46. The molecule has 0 spiro atoms. The first kappa shape index (κ1) is 14.1. The highest BCUT2D eigenvalue weighted by Crippen LogP contribution is 2.42. The average molecular weight is 386 g/mol. The SMILES string of the molecule is FC(F)(Br)C(F)(F)Oc1ccc(Cl)cc1Br. The van der Waals surface area contributed by atoms with Gasteiger partial charge in [0, 0.05) is 21.0 Å². The van der Waals surface area contributed by atoms with Crippen molar-refractivity contribution in [3.8, 4) is 5.75 Å². The van der Waals surface area contributed by atoms with Crippen molar-refractivity contribution in [1.29, 1.82) is 0 Å². The normalized spacial score (nSPS) is 12.7. The first-order chi connectivity index (χ1) is 7.13. The van der Waals surface area contributed by atoms with Gasteiger partial charge in [-0.2, -0.15) is 17.6 Å². The lowest BCUT2D eigenvalue weighted by Crippen LogP contribution is -2.40. The van der Waals surface area contributed by atoms with Crippen molar-refractivity contribution in [2.45, 2.75) is 10.9 Å². The Labute approximate surface area is 110 Å². The minimum absolute atomic E-state index is 0.0522. The van der Waals surface area contributed by atoms with E-state index >= 15 is 0 Å². The Bertz CT molecular complexity index is 394. The predicted molar refractivity (Wildman–Crippen MR) is 58.6 cm³/mol. The number of ether oxygens (including phenoxy) is 1. The summed E-state index contributed by atoms with van der Waals surface area (Å²) in [6.45, 7) is 0. The molecule has 0 amide bonds. The van der Waals surface area contributed by atoms with Crippen LogP contribution in [0.4, 0.5) is 17.6 Å². The molecular formula is C8H3Br2ClF4O. The molecule has 16 heavy (non-hydrogen) atoms. The van der Waals surface area contributed by atoms with Crippen LogP contribution in [-0.4, -0.2) is 10.9 Å². The summed E-state index contributed by atoms with van der Waals surface area (Å²) in [5.74, 6) is -0.437. The Morgan fingerprint density at radius 3 is 2.19 bits per heavy atom. The lowest BCUT2D eigenvalue weighted by atomic mass is 10.3. The number of hydrogen-bond acceptors (Lipinski definition) is 1. The molecule has 0 bridgehead atoms. The summed E-state index contributed by atoms with van der Waals surface area (Å²) in [6, 6.07) is 3.54. The molecule has 0 saturated heterocycles. The zero-order valence-electron chi connectivity index (χ0n) is 7.29. The molecule has 0 aliphatic heterocycles. The Morgan fingerprint density at radius 1 is 1.19 bits per heavy atom. The van der Waals surface area contributed by atoms with Crippen LogP contribution in [0.3, 0.4) is 0 Å². The van der Waals surface area contributed by atoms with Crippen molar-refractivity contribution < 1.29 is 22.3 Å². The molecule has 1 aromatic carbocycles. The van der Waals surface area contributed by atoms with E-state index in [0.29, 0.717) is 0 Å². The number of hydrogen-bond donors (Lipinski definition) is 0. The van der Waals surface area contributed by atoms with E-state index in [1.54, 1.807) is 15.9 Å². The minimum Gasteiger partial charge on any atom is -0.426 e. The van der Waals surface area contributed by atoms with Crippen LogP contribution in [0.25, 0.3) is 0 Å². The van der Waals surface area contributed by atoms with Crippen LogP contribution in [-0.2, 0) is 0 Å². The third-order valence-corrected chi connectivity index (χ3v) is 2.78. The van der Waals surface area contributed by atoms with Gasteiger partial charge in [0.2, 0.25) is 0 Å². The fourth-order valence-corrected chi connectivity index (χ4v) is 1.60. The summed E-state index contributed by atoms with van der Waals surface area (Å²) in [4.78, 5) is -4.46. The van der Waals surface area contributed by atoms with Crippen LogP contribution in [0.2, 0.25) is 5.02 Å². The molecular weight excluding hydrogens is 383 g/mol. The van der Waals surface area contributed by atoms with Crippen LogP contribution >= 0.6 is 43.5 Å². The maximum absolute atomic E-state index is 12.8. The van der Waals surface area contributed by atoms with E-state index in [4.69, 9.17) is 11.6 Å². The molecule has 0 unspecified atom stereocenters. The lowest BCUT2D eigenvalue weighted by molar-refractivity contribution is -0.266. The van der Waals surface area contributed by atoms with E-state index < -0.39 is 16.7 Å². The molecule has 0 saturated carbocycles. The molecule has 0 aliphatic carbocycles. The summed E-state index contributed by atoms with van der Waals surface area (Å²) >= 11 is 9.96. The molecule has 0 heterocycles. The molecule has 1 rings (SSSR count). The Hall–Kier alpha value is -0.0100. The molecule has 0 aromatic heterocycles. The highest BCUT2D eigenvalue weighted by Gasteiger charge is 2.58. The Morgan fingerprint density at radius 2 is 1.75 bits per heavy atom. The fraction of sp³-hybridized carbons (Fsp3) is 0.250. The number of benzene rings is 1. The van der Waals surface area contributed by atoms with Gasteiger partial charge in [0.25, 0.3) is 0 Å². The highest BCUT2D eigenvalue weighted by atomic mass is 79.9. The van der Waals surface area contributed by atoms with Gasteiger partial charge >= 0.3 is 10.9 Å². The van der Waals surface area contributed by atoms with Gasteiger partial charge in [-0.25, -0.2) is 0 Å². The maximum atomic E-state index is 12.8. The quantitative estimate of drug-likeness (QED) is 0.521. The van der Waals surface area contributed by atoms with E-state index in [1.165, 1.54) is 12.1 Å². The second-order valence-electron chi connectivity index (χ2n) is 2.69. The van der Waals surface area contributed by atoms with E-state index in [1.807, 2.05) is 0 Å². The molecule has 0 aliphatic rings. The van der Waals surface area contributed by atoms with Crippen molar-refractivity contribution in [3.05, 3.63) is 27.7 Å². The largest absolute Gasteiger partial charge is 0.475 e. The Kier molecular flexibility index (Phi) is 4.13. The van der Waals surface area contributed by atoms with Gasteiger partial charge < -0.3 is 4.74 Å². The van der Waals surface area contributed by atoms with Gasteiger partial charge in [-0.1, -0.05) is 11.6 Å². The van der Waals surface area contributed by atoms with Gasteiger partial charge in [-0.05, 0) is 34.1 Å². The fourth-order valence-electron chi connectivity index (χ4n) is 0.754. The monoisotopic (exact) mass is 384 g/mol. The second kappa shape index (κ2) is 4.70. The molecule has 0 atom stereocenters. The third kappa shape index (κ3) is 3.24. The summed E-state index contributed by atoms with van der Waals surface area (Å²) in [5.41, 5.74) is 0. The van der Waals surface area contributed by atoms with Gasteiger partial charge in [0.15, 0.2) is 0 Å². The number of halogens is 7. The van der Waals surface area contributed by atoms with E-state index in [9.17, 15) is 17.6 Å². The Balaban J connectivity index is 2.97. The standard InChI is InChI=1S/C8H3Br2ClF4O/c9-5-3-4(11)1-2-6(5)16-8(14,15)7(10,12)13/h1-3H. The molecule has 0 radical (unpaired) electrons. The van der Waals surface area contributed by atoms with Gasteiger partial charge in [0.05, 0.1) is 4.47 Å². The van der Waals surface area contributed by atoms with Gasteiger partial charge in [0.1, 0.15) is 5.75 Å². The summed E-state index contributed by atoms with van der Waals surface area (Å²) < 4.78 is 54.4. The van der Waals surface area contributed by atoms with Crippen molar-refractivity contribution in [2.75, 3.05) is 0 Å². The van der Waals surface area contributed by atoms with Crippen molar-refractivity contribution >= 4 is 43.5 Å². The van der Waals surface area contributed by atoms with Crippen LogP contribution in [0.1, 0.15) is 0 Å². The number of alkyl halides is 5.